The van der Waals surface area contributed by atoms with Crippen LogP contribution in [0.2, 0.25) is 0 Å². The summed E-state index contributed by atoms with van der Waals surface area (Å²) in [7, 11) is 0. The van der Waals surface area contributed by atoms with Gasteiger partial charge in [-0.25, -0.2) is 4.79 Å². The number of thiocarbonyl (C=S) groups is 1. The fraction of sp³-hybridized carbons (Fsp3) is 0.0800. The van der Waals surface area contributed by atoms with Gasteiger partial charge in [-0.3, -0.25) is 4.98 Å². The molecule has 8 heteroatoms. The van der Waals surface area contributed by atoms with E-state index in [1.54, 1.807) is 24.4 Å². The number of aromatic nitrogens is 1. The molecule has 5 rings (SSSR count). The number of furan rings is 1. The number of pyridine rings is 1. The second-order valence-electron chi connectivity index (χ2n) is 7.56. The zero-order valence-corrected chi connectivity index (χ0v) is 19.6. The molecule has 6 nitrogen and oxygen atoms in total. The van der Waals surface area contributed by atoms with Gasteiger partial charge in [0.2, 0.25) is 0 Å². The summed E-state index contributed by atoms with van der Waals surface area (Å²) in [6.45, 7) is 0. The van der Waals surface area contributed by atoms with Gasteiger partial charge in [0.15, 0.2) is 5.11 Å². The van der Waals surface area contributed by atoms with E-state index in [1.807, 2.05) is 65.6 Å². The first-order chi connectivity index (χ1) is 16.0. The molecule has 2 atom stereocenters. The molecule has 0 unspecified atom stereocenters. The summed E-state index contributed by atoms with van der Waals surface area (Å²) < 4.78 is 7.27. The fourth-order valence-electron chi connectivity index (χ4n) is 4.00. The number of nitrogens with one attached hydrogen (secondary N) is 1. The molecule has 33 heavy (non-hydrogen) atoms. The summed E-state index contributed by atoms with van der Waals surface area (Å²) in [5.74, 6) is 0.295. The fourth-order valence-corrected chi connectivity index (χ4v) is 4.61. The van der Waals surface area contributed by atoms with E-state index in [9.17, 15) is 9.90 Å². The SMILES string of the molecule is O=C(O)c1cccc(-c2ccc([C@@H]3[C@@H](c4ccccn4)NC(=S)N3c3ccc(Br)cc3)o2)c1. The maximum absolute atomic E-state index is 11.4. The third-order valence-corrected chi connectivity index (χ3v) is 6.36. The van der Waals surface area contributed by atoms with Gasteiger partial charge in [-0.05, 0) is 72.9 Å². The highest BCUT2D eigenvalue weighted by Crippen LogP contribution is 2.43. The quantitative estimate of drug-likeness (QED) is 0.314. The Morgan fingerprint density at radius 1 is 1.06 bits per heavy atom. The van der Waals surface area contributed by atoms with Gasteiger partial charge in [-0.15, -0.1) is 0 Å². The molecule has 3 heterocycles. The molecule has 0 saturated carbocycles. The van der Waals surface area contributed by atoms with Crippen molar-refractivity contribution < 1.29 is 14.3 Å². The van der Waals surface area contributed by atoms with Gasteiger partial charge < -0.3 is 19.7 Å². The lowest BCUT2D eigenvalue weighted by Crippen LogP contribution is -2.29. The molecule has 4 aromatic rings. The second kappa shape index (κ2) is 8.80. The Morgan fingerprint density at radius 2 is 1.88 bits per heavy atom. The molecule has 0 bridgehead atoms. The second-order valence-corrected chi connectivity index (χ2v) is 8.86. The van der Waals surface area contributed by atoms with Crippen LogP contribution in [-0.2, 0) is 0 Å². The van der Waals surface area contributed by atoms with Gasteiger partial charge >= 0.3 is 5.97 Å². The molecule has 0 amide bonds. The Morgan fingerprint density at radius 3 is 2.61 bits per heavy atom. The summed E-state index contributed by atoms with van der Waals surface area (Å²) >= 11 is 9.21. The summed E-state index contributed by atoms with van der Waals surface area (Å²) in [6, 6.07) is 23.6. The minimum Gasteiger partial charge on any atom is -0.478 e. The van der Waals surface area contributed by atoms with Gasteiger partial charge in [0.25, 0.3) is 0 Å². The van der Waals surface area contributed by atoms with Gasteiger partial charge in [-0.1, -0.05) is 34.1 Å². The number of benzene rings is 2. The van der Waals surface area contributed by atoms with Crippen LogP contribution in [0, 0.1) is 0 Å². The molecular weight excluding hydrogens is 502 g/mol. The van der Waals surface area contributed by atoms with Crippen LogP contribution in [-0.4, -0.2) is 21.2 Å². The van der Waals surface area contributed by atoms with E-state index in [1.165, 1.54) is 0 Å². The van der Waals surface area contributed by atoms with Crippen molar-refractivity contribution in [3.05, 3.63) is 107 Å². The van der Waals surface area contributed by atoms with E-state index >= 15 is 0 Å². The number of nitrogens with zero attached hydrogens (tertiary/aromatic N) is 2. The molecule has 164 valence electrons. The summed E-state index contributed by atoms with van der Waals surface area (Å²) in [5, 5.41) is 13.3. The Labute approximate surface area is 204 Å². The first-order valence-corrected chi connectivity index (χ1v) is 11.4. The molecule has 2 N–H and O–H groups in total. The van der Waals surface area contributed by atoms with Crippen LogP contribution in [0.1, 0.15) is 33.9 Å². The maximum Gasteiger partial charge on any atom is 0.335 e. The van der Waals surface area contributed by atoms with Gasteiger partial charge in [0, 0.05) is 21.9 Å². The Hall–Kier alpha value is -3.49. The van der Waals surface area contributed by atoms with Crippen LogP contribution in [0.15, 0.2) is 93.9 Å². The highest BCUT2D eigenvalue weighted by Gasteiger charge is 2.42. The number of aromatic carboxylic acids is 1. The molecule has 0 radical (unpaired) electrons. The third kappa shape index (κ3) is 4.15. The largest absolute Gasteiger partial charge is 0.478 e. The summed E-state index contributed by atoms with van der Waals surface area (Å²) in [5.41, 5.74) is 2.66. The van der Waals surface area contributed by atoms with Gasteiger partial charge in [0.05, 0.1) is 17.3 Å². The minimum atomic E-state index is -0.981. The smallest absolute Gasteiger partial charge is 0.335 e. The van der Waals surface area contributed by atoms with Crippen molar-refractivity contribution >= 4 is 44.9 Å². The van der Waals surface area contributed by atoms with Crippen LogP contribution in [0.3, 0.4) is 0 Å². The van der Waals surface area contributed by atoms with Crippen LogP contribution in [0.4, 0.5) is 5.69 Å². The third-order valence-electron chi connectivity index (χ3n) is 5.52. The predicted molar refractivity (Wildman–Crippen MR) is 133 cm³/mol. The molecule has 0 aliphatic carbocycles. The zero-order chi connectivity index (χ0) is 22.9. The monoisotopic (exact) mass is 519 g/mol. The first-order valence-electron chi connectivity index (χ1n) is 10.2. The number of carboxylic acids is 1. The van der Waals surface area contributed by atoms with Crippen molar-refractivity contribution in [2.75, 3.05) is 4.90 Å². The van der Waals surface area contributed by atoms with E-state index in [-0.39, 0.29) is 17.6 Å². The summed E-state index contributed by atoms with van der Waals surface area (Å²) in [4.78, 5) is 18.0. The molecular formula is C25H18BrN3O3S. The maximum atomic E-state index is 11.4. The Balaban J connectivity index is 1.58. The van der Waals surface area contributed by atoms with Crippen molar-refractivity contribution in [2.45, 2.75) is 12.1 Å². The molecule has 1 saturated heterocycles. The summed E-state index contributed by atoms with van der Waals surface area (Å²) in [6.07, 6.45) is 1.75. The highest BCUT2D eigenvalue weighted by atomic mass is 79.9. The number of carboxylic acid groups (broad SMARTS) is 1. The lowest BCUT2D eigenvalue weighted by atomic mass is 10.0. The average Bonchev–Trinajstić information content (AvgIpc) is 3.45. The topological polar surface area (TPSA) is 78.6 Å². The molecule has 1 aliphatic rings. The average molecular weight is 520 g/mol. The number of carbonyl (C=O) groups is 1. The number of anilines is 1. The lowest BCUT2D eigenvalue weighted by molar-refractivity contribution is 0.0697. The first kappa shape index (κ1) is 21.4. The van der Waals surface area contributed by atoms with E-state index in [0.29, 0.717) is 22.2 Å². The van der Waals surface area contributed by atoms with Crippen molar-refractivity contribution in [1.29, 1.82) is 0 Å². The predicted octanol–water partition coefficient (Wildman–Crippen LogP) is 5.98. The molecule has 2 aromatic carbocycles. The van der Waals surface area contributed by atoms with Crippen LogP contribution in [0.5, 0.6) is 0 Å². The van der Waals surface area contributed by atoms with Crippen molar-refractivity contribution in [1.82, 2.24) is 10.3 Å². The van der Waals surface area contributed by atoms with E-state index in [4.69, 9.17) is 16.6 Å². The Kier molecular flexibility index (Phi) is 5.70. The molecule has 1 aliphatic heterocycles. The van der Waals surface area contributed by atoms with Gasteiger partial charge in [-0.2, -0.15) is 0 Å². The van der Waals surface area contributed by atoms with Crippen molar-refractivity contribution in [2.24, 2.45) is 0 Å². The molecule has 1 fully saturated rings. The van der Waals surface area contributed by atoms with Crippen LogP contribution in [0.25, 0.3) is 11.3 Å². The molecule has 2 aromatic heterocycles. The highest BCUT2D eigenvalue weighted by molar-refractivity contribution is 9.10. The van der Waals surface area contributed by atoms with Crippen molar-refractivity contribution in [3.8, 4) is 11.3 Å². The number of halogens is 1. The van der Waals surface area contributed by atoms with Gasteiger partial charge in [0.1, 0.15) is 17.6 Å². The van der Waals surface area contributed by atoms with Crippen molar-refractivity contribution in [3.63, 3.8) is 0 Å². The minimum absolute atomic E-state index is 0.206. The normalized spacial score (nSPS) is 17.7. The molecule has 0 spiro atoms. The van der Waals surface area contributed by atoms with Crippen LogP contribution >= 0.6 is 28.1 Å². The van der Waals surface area contributed by atoms with E-state index < -0.39 is 5.97 Å². The van der Waals surface area contributed by atoms with Crippen LogP contribution < -0.4 is 10.2 Å². The number of hydrogen-bond acceptors (Lipinski definition) is 4. The van der Waals surface area contributed by atoms with E-state index in [0.717, 1.165) is 15.9 Å². The van der Waals surface area contributed by atoms with E-state index in [2.05, 4.69) is 26.2 Å². The Bertz CT molecular complexity index is 1320. The standard InChI is InChI=1S/C25H18BrN3O3S/c26-17-7-9-18(10-8-17)29-23(22(28-25(29)33)19-6-1-2-13-27-19)21-12-11-20(32-21)15-4-3-5-16(14-15)24(30)31/h1-14,22-23H,(H,28,33)(H,30,31)/t22-,23-/m1/s1. The lowest BCUT2D eigenvalue weighted by Gasteiger charge is -2.26. The number of rotatable bonds is 5. The zero-order valence-electron chi connectivity index (χ0n) is 17.2. The number of hydrogen-bond donors (Lipinski definition) is 2.